The second kappa shape index (κ2) is 8.24. The average Bonchev–Trinajstić information content (AvgIpc) is 3.08. The van der Waals surface area contributed by atoms with Gasteiger partial charge in [0.05, 0.1) is 25.6 Å². The molecule has 2 N–H and O–H groups in total. The Bertz CT molecular complexity index is 703. The molecule has 0 bridgehead atoms. The SMILES string of the molecule is CC1CCCCC1OCCNC(=O)CN(C)c1ncnc2nc[nH]c12. The summed E-state index contributed by atoms with van der Waals surface area (Å²) in [5.74, 6) is 1.21. The van der Waals surface area contributed by atoms with Crippen LogP contribution < -0.4 is 10.2 Å². The van der Waals surface area contributed by atoms with E-state index in [0.29, 0.717) is 36.6 Å². The van der Waals surface area contributed by atoms with E-state index in [4.69, 9.17) is 4.74 Å². The molecule has 0 aliphatic heterocycles. The van der Waals surface area contributed by atoms with Gasteiger partial charge in [-0.3, -0.25) is 4.79 Å². The van der Waals surface area contributed by atoms with E-state index in [9.17, 15) is 4.79 Å². The predicted octanol–water partition coefficient (Wildman–Crippen LogP) is 1.50. The van der Waals surface area contributed by atoms with Gasteiger partial charge < -0.3 is 19.9 Å². The molecule has 1 aliphatic carbocycles. The van der Waals surface area contributed by atoms with Gasteiger partial charge in [-0.1, -0.05) is 19.8 Å². The summed E-state index contributed by atoms with van der Waals surface area (Å²) in [6, 6.07) is 0. The maximum absolute atomic E-state index is 12.1. The average molecular weight is 346 g/mol. The van der Waals surface area contributed by atoms with Crippen molar-refractivity contribution >= 4 is 22.9 Å². The third-order valence-electron chi connectivity index (χ3n) is 4.73. The van der Waals surface area contributed by atoms with Crippen LogP contribution in [-0.4, -0.2) is 58.7 Å². The van der Waals surface area contributed by atoms with Crippen LogP contribution in [0.1, 0.15) is 32.6 Å². The Morgan fingerprint density at radius 1 is 1.36 bits per heavy atom. The number of carbonyl (C=O) groups is 1. The van der Waals surface area contributed by atoms with Crippen LogP contribution in [0.3, 0.4) is 0 Å². The third-order valence-corrected chi connectivity index (χ3v) is 4.73. The molecule has 8 heteroatoms. The third kappa shape index (κ3) is 4.45. The van der Waals surface area contributed by atoms with Crippen LogP contribution in [0.25, 0.3) is 11.2 Å². The van der Waals surface area contributed by atoms with E-state index in [1.165, 1.54) is 25.6 Å². The van der Waals surface area contributed by atoms with Gasteiger partial charge in [0.25, 0.3) is 0 Å². The zero-order valence-electron chi connectivity index (χ0n) is 14.9. The summed E-state index contributed by atoms with van der Waals surface area (Å²) in [4.78, 5) is 29.3. The Morgan fingerprint density at radius 3 is 3.04 bits per heavy atom. The number of carbonyl (C=O) groups excluding carboxylic acids is 1. The van der Waals surface area contributed by atoms with E-state index in [-0.39, 0.29) is 12.5 Å². The highest BCUT2D eigenvalue weighted by atomic mass is 16.5. The molecule has 0 aromatic carbocycles. The predicted molar refractivity (Wildman–Crippen MR) is 95.3 cm³/mol. The monoisotopic (exact) mass is 346 g/mol. The van der Waals surface area contributed by atoms with Crippen molar-refractivity contribution in [3.05, 3.63) is 12.7 Å². The standard InChI is InChI=1S/C17H26N6O2/c1-12-5-3-4-6-13(12)25-8-7-18-14(24)9-23(2)17-15-16(20-10-19-15)21-11-22-17/h10-13H,3-9H2,1-2H3,(H,18,24)(H,19,20,21,22). The first kappa shape index (κ1) is 17.6. The molecule has 0 radical (unpaired) electrons. The van der Waals surface area contributed by atoms with E-state index in [2.05, 4.69) is 32.2 Å². The number of nitrogens with zero attached hydrogens (tertiary/aromatic N) is 4. The van der Waals surface area contributed by atoms with Crippen LogP contribution in [0.15, 0.2) is 12.7 Å². The number of hydrogen-bond acceptors (Lipinski definition) is 6. The Hall–Kier alpha value is -2.22. The van der Waals surface area contributed by atoms with Gasteiger partial charge in [-0.25, -0.2) is 15.0 Å². The van der Waals surface area contributed by atoms with Crippen molar-refractivity contribution in [2.45, 2.75) is 38.7 Å². The molecule has 0 saturated heterocycles. The first-order valence-electron chi connectivity index (χ1n) is 8.88. The van der Waals surface area contributed by atoms with E-state index in [1.54, 1.807) is 11.2 Å². The second-order valence-electron chi connectivity index (χ2n) is 6.68. The van der Waals surface area contributed by atoms with Gasteiger partial charge in [0.15, 0.2) is 11.5 Å². The maximum atomic E-state index is 12.1. The minimum atomic E-state index is -0.0610. The summed E-state index contributed by atoms with van der Waals surface area (Å²) in [5.41, 5.74) is 1.32. The van der Waals surface area contributed by atoms with Crippen LogP contribution in [0.2, 0.25) is 0 Å². The smallest absolute Gasteiger partial charge is 0.239 e. The molecule has 1 amide bonds. The number of ether oxygens (including phenoxy) is 1. The number of aromatic nitrogens is 4. The van der Waals surface area contributed by atoms with Crippen LogP contribution in [-0.2, 0) is 9.53 Å². The van der Waals surface area contributed by atoms with Crippen molar-refractivity contribution in [2.24, 2.45) is 5.92 Å². The normalized spacial score (nSPS) is 20.6. The molecule has 2 aromatic rings. The number of likely N-dealkylation sites (N-methyl/N-ethyl adjacent to an activating group) is 1. The zero-order chi connectivity index (χ0) is 17.6. The summed E-state index contributed by atoms with van der Waals surface area (Å²) in [6.45, 7) is 3.54. The van der Waals surface area contributed by atoms with E-state index in [1.807, 2.05) is 7.05 Å². The molecule has 136 valence electrons. The lowest BCUT2D eigenvalue weighted by molar-refractivity contribution is -0.120. The summed E-state index contributed by atoms with van der Waals surface area (Å²) in [5, 5.41) is 2.90. The van der Waals surface area contributed by atoms with Gasteiger partial charge in [-0.05, 0) is 18.8 Å². The minimum Gasteiger partial charge on any atom is -0.376 e. The van der Waals surface area contributed by atoms with Crippen LogP contribution in [0, 0.1) is 5.92 Å². The van der Waals surface area contributed by atoms with Crippen molar-refractivity contribution in [3.63, 3.8) is 0 Å². The number of aromatic amines is 1. The molecule has 0 spiro atoms. The highest BCUT2D eigenvalue weighted by Gasteiger charge is 2.21. The molecule has 2 aromatic heterocycles. The summed E-state index contributed by atoms with van der Waals surface area (Å²) < 4.78 is 5.92. The van der Waals surface area contributed by atoms with Gasteiger partial charge >= 0.3 is 0 Å². The number of anilines is 1. The molecule has 1 saturated carbocycles. The van der Waals surface area contributed by atoms with Gasteiger partial charge in [-0.15, -0.1) is 0 Å². The van der Waals surface area contributed by atoms with Gasteiger partial charge in [0, 0.05) is 13.6 Å². The van der Waals surface area contributed by atoms with Crippen LogP contribution >= 0.6 is 0 Å². The molecule has 3 rings (SSSR count). The Morgan fingerprint density at radius 2 is 2.20 bits per heavy atom. The maximum Gasteiger partial charge on any atom is 0.239 e. The first-order chi connectivity index (χ1) is 12.1. The number of imidazole rings is 1. The Labute approximate surface area is 147 Å². The minimum absolute atomic E-state index is 0.0610. The molecule has 2 atom stereocenters. The fourth-order valence-corrected chi connectivity index (χ4v) is 3.32. The molecule has 2 unspecified atom stereocenters. The van der Waals surface area contributed by atoms with Crippen LogP contribution in [0.4, 0.5) is 5.82 Å². The fraction of sp³-hybridized carbons (Fsp3) is 0.647. The van der Waals surface area contributed by atoms with Gasteiger partial charge in [0.1, 0.15) is 11.8 Å². The van der Waals surface area contributed by atoms with E-state index < -0.39 is 0 Å². The number of amides is 1. The quantitative estimate of drug-likeness (QED) is 0.738. The number of H-pyrrole nitrogens is 1. The zero-order valence-corrected chi connectivity index (χ0v) is 14.9. The van der Waals surface area contributed by atoms with Gasteiger partial charge in [-0.2, -0.15) is 0 Å². The lowest BCUT2D eigenvalue weighted by Gasteiger charge is -2.28. The number of rotatable bonds is 7. The van der Waals surface area contributed by atoms with Crippen molar-refractivity contribution in [3.8, 4) is 0 Å². The van der Waals surface area contributed by atoms with Crippen molar-refractivity contribution < 1.29 is 9.53 Å². The molecule has 2 heterocycles. The van der Waals surface area contributed by atoms with Crippen molar-refractivity contribution in [1.29, 1.82) is 0 Å². The van der Waals surface area contributed by atoms with Crippen molar-refractivity contribution in [2.75, 3.05) is 31.6 Å². The van der Waals surface area contributed by atoms with E-state index in [0.717, 1.165) is 11.9 Å². The summed E-state index contributed by atoms with van der Waals surface area (Å²) in [7, 11) is 1.82. The number of nitrogens with one attached hydrogen (secondary N) is 2. The number of fused-ring (bicyclic) bond motifs is 1. The first-order valence-corrected chi connectivity index (χ1v) is 8.88. The molecule has 1 aliphatic rings. The Balaban J connectivity index is 1.42. The summed E-state index contributed by atoms with van der Waals surface area (Å²) >= 11 is 0. The molecular formula is C17H26N6O2. The van der Waals surface area contributed by atoms with Crippen LogP contribution in [0.5, 0.6) is 0 Å². The number of hydrogen-bond donors (Lipinski definition) is 2. The molecule has 1 fully saturated rings. The lowest BCUT2D eigenvalue weighted by atomic mass is 9.88. The highest BCUT2D eigenvalue weighted by Crippen LogP contribution is 2.26. The van der Waals surface area contributed by atoms with Crippen molar-refractivity contribution in [1.82, 2.24) is 25.3 Å². The summed E-state index contributed by atoms with van der Waals surface area (Å²) in [6.07, 6.45) is 8.27. The van der Waals surface area contributed by atoms with E-state index >= 15 is 0 Å². The molecule has 25 heavy (non-hydrogen) atoms. The highest BCUT2D eigenvalue weighted by molar-refractivity contribution is 5.86. The lowest BCUT2D eigenvalue weighted by Crippen LogP contribution is -2.38. The largest absolute Gasteiger partial charge is 0.376 e. The topological polar surface area (TPSA) is 96.0 Å². The molecule has 8 nitrogen and oxygen atoms in total. The fourth-order valence-electron chi connectivity index (χ4n) is 3.32. The molecular weight excluding hydrogens is 320 g/mol. The van der Waals surface area contributed by atoms with Gasteiger partial charge in [0.2, 0.25) is 5.91 Å². The second-order valence-corrected chi connectivity index (χ2v) is 6.68. The Kier molecular flexibility index (Phi) is 5.80.